The molecular formula is C47H53FN8O12. The third kappa shape index (κ3) is 10.0. The quantitative estimate of drug-likeness (QED) is 0.0669. The highest BCUT2D eigenvalue weighted by Gasteiger charge is 2.46. The van der Waals surface area contributed by atoms with Gasteiger partial charge in [-0.1, -0.05) is 37.3 Å². The molecule has 4 atom stereocenters. The molecule has 1 aliphatic carbocycles. The van der Waals surface area contributed by atoms with Crippen LogP contribution in [-0.4, -0.2) is 105 Å². The highest BCUT2D eigenvalue weighted by molar-refractivity contribution is 5.96. The summed E-state index contributed by atoms with van der Waals surface area (Å²) < 4.78 is 27.2. The number of aliphatic hydroxyl groups excluding tert-OH is 1. The van der Waals surface area contributed by atoms with Gasteiger partial charge in [-0.2, -0.15) is 0 Å². The second-order valence-corrected chi connectivity index (χ2v) is 17.9. The number of alkyl carbamates (subject to hydrolysis) is 1. The summed E-state index contributed by atoms with van der Waals surface area (Å²) >= 11 is 0. The molecular weight excluding hydrogens is 888 g/mol. The molecule has 0 radical (unpaired) electrons. The molecule has 4 heterocycles. The van der Waals surface area contributed by atoms with Gasteiger partial charge in [-0.15, -0.1) is 0 Å². The van der Waals surface area contributed by atoms with E-state index in [1.54, 1.807) is 71.0 Å². The fourth-order valence-electron chi connectivity index (χ4n) is 8.72. The van der Waals surface area contributed by atoms with Gasteiger partial charge >= 0.3 is 12.1 Å². The number of benzene rings is 2. The van der Waals surface area contributed by atoms with E-state index >= 15 is 4.39 Å². The van der Waals surface area contributed by atoms with E-state index in [0.29, 0.717) is 57.4 Å². The van der Waals surface area contributed by atoms with E-state index in [-0.39, 0.29) is 42.6 Å². The first-order valence-electron chi connectivity index (χ1n) is 22.1. The summed E-state index contributed by atoms with van der Waals surface area (Å²) in [5, 5.41) is 36.5. The lowest BCUT2D eigenvalue weighted by Crippen LogP contribution is -2.53. The molecule has 4 aromatic rings. The zero-order chi connectivity index (χ0) is 49.2. The van der Waals surface area contributed by atoms with Crippen LogP contribution in [0.2, 0.25) is 0 Å². The van der Waals surface area contributed by atoms with Gasteiger partial charge < -0.3 is 56.2 Å². The number of amides is 6. The number of aromatic nitrogens is 2. The van der Waals surface area contributed by atoms with Crippen molar-refractivity contribution in [3.8, 4) is 11.4 Å². The molecule has 2 aromatic carbocycles. The van der Waals surface area contributed by atoms with E-state index in [2.05, 4.69) is 31.9 Å². The largest absolute Gasteiger partial charge is 0.458 e. The molecule has 0 fully saturated rings. The van der Waals surface area contributed by atoms with Crippen molar-refractivity contribution < 1.29 is 57.6 Å². The predicted molar refractivity (Wildman–Crippen MR) is 240 cm³/mol. The van der Waals surface area contributed by atoms with Crippen molar-refractivity contribution in [1.82, 2.24) is 41.5 Å². The summed E-state index contributed by atoms with van der Waals surface area (Å²) in [6.45, 7) is 5.26. The minimum atomic E-state index is -2.06. The summed E-state index contributed by atoms with van der Waals surface area (Å²) in [6, 6.07) is 8.27. The van der Waals surface area contributed by atoms with Gasteiger partial charge in [0.1, 0.15) is 30.1 Å². The number of hydrogen-bond donors (Lipinski definition) is 8. The average molecular weight is 941 g/mol. The van der Waals surface area contributed by atoms with Crippen LogP contribution < -0.4 is 37.5 Å². The fraction of sp³-hybridized carbons (Fsp3) is 0.426. The first-order chi connectivity index (χ1) is 32.2. The van der Waals surface area contributed by atoms with Gasteiger partial charge in [-0.25, -0.2) is 19.0 Å². The number of nitrogens with zero attached hydrogens (tertiary/aromatic N) is 2. The van der Waals surface area contributed by atoms with E-state index < -0.39 is 109 Å². The number of nitrogens with one attached hydrogen (secondary N) is 6. The zero-order valence-electron chi connectivity index (χ0n) is 38.1. The van der Waals surface area contributed by atoms with Gasteiger partial charge in [0, 0.05) is 29.0 Å². The number of hydrogen-bond acceptors (Lipinski definition) is 13. The van der Waals surface area contributed by atoms with Crippen molar-refractivity contribution in [2.75, 3.05) is 26.2 Å². The molecule has 0 spiro atoms. The molecule has 360 valence electrons. The number of cyclic esters (lactones) is 1. The lowest BCUT2D eigenvalue weighted by atomic mass is 9.81. The monoisotopic (exact) mass is 940 g/mol. The van der Waals surface area contributed by atoms with Crippen molar-refractivity contribution in [3.63, 3.8) is 0 Å². The van der Waals surface area contributed by atoms with Crippen molar-refractivity contribution in [1.29, 1.82) is 0 Å². The number of fused-ring (bicyclic) bond motifs is 5. The Morgan fingerprint density at radius 3 is 2.28 bits per heavy atom. The Morgan fingerprint density at radius 2 is 1.60 bits per heavy atom. The van der Waals surface area contributed by atoms with Crippen LogP contribution in [0.3, 0.4) is 0 Å². The molecule has 8 N–H and O–H groups in total. The van der Waals surface area contributed by atoms with Gasteiger partial charge in [0.2, 0.25) is 29.5 Å². The smallest absolute Gasteiger partial charge is 0.408 e. The molecule has 68 heavy (non-hydrogen) atoms. The van der Waals surface area contributed by atoms with Crippen molar-refractivity contribution in [2.24, 2.45) is 0 Å². The molecule has 0 saturated carbocycles. The van der Waals surface area contributed by atoms with Crippen molar-refractivity contribution >= 4 is 52.5 Å². The topological polar surface area (TPSA) is 285 Å². The number of carbonyl (C=O) groups is 7. The maximum Gasteiger partial charge on any atom is 0.408 e. The highest BCUT2D eigenvalue weighted by atomic mass is 19.1. The summed E-state index contributed by atoms with van der Waals surface area (Å²) in [5.74, 6) is -5.13. The van der Waals surface area contributed by atoms with E-state index in [1.807, 2.05) is 0 Å². The Labute approximate surface area is 388 Å². The number of rotatable bonds is 15. The molecule has 20 nitrogen and oxygen atoms in total. The third-order valence-electron chi connectivity index (χ3n) is 12.1. The van der Waals surface area contributed by atoms with Crippen molar-refractivity contribution in [3.05, 3.63) is 97.6 Å². The van der Waals surface area contributed by atoms with Gasteiger partial charge in [0.15, 0.2) is 5.60 Å². The van der Waals surface area contributed by atoms with Gasteiger partial charge in [-0.3, -0.25) is 28.8 Å². The molecule has 0 bridgehead atoms. The number of halogens is 1. The second-order valence-electron chi connectivity index (χ2n) is 17.9. The van der Waals surface area contributed by atoms with Crippen LogP contribution in [0.25, 0.3) is 22.3 Å². The van der Waals surface area contributed by atoms with Crippen LogP contribution in [0.4, 0.5) is 9.18 Å². The summed E-state index contributed by atoms with van der Waals surface area (Å²) in [4.78, 5) is 109. The highest BCUT2D eigenvalue weighted by Crippen LogP contribution is 2.46. The predicted octanol–water partition coefficient (Wildman–Crippen LogP) is 0.592. The van der Waals surface area contributed by atoms with Gasteiger partial charge in [0.05, 0.1) is 61.3 Å². The maximum absolute atomic E-state index is 15.4. The maximum atomic E-state index is 15.4. The molecule has 6 amide bonds. The molecule has 3 aliphatic rings. The number of aryl methyl sites for hydroxylation is 1. The second kappa shape index (κ2) is 19.5. The van der Waals surface area contributed by atoms with E-state index in [9.17, 15) is 48.6 Å². The van der Waals surface area contributed by atoms with Crippen LogP contribution in [-0.2, 0) is 69.8 Å². The van der Waals surface area contributed by atoms with E-state index in [0.717, 1.165) is 0 Å². The van der Waals surface area contributed by atoms with Crippen LogP contribution in [0, 0.1) is 12.7 Å². The minimum absolute atomic E-state index is 0.00693. The normalized spacial score (nSPS) is 17.6. The van der Waals surface area contributed by atoms with E-state index in [1.165, 1.54) is 10.6 Å². The third-order valence-corrected chi connectivity index (χ3v) is 12.1. The Bertz CT molecular complexity index is 2790. The minimum Gasteiger partial charge on any atom is -0.458 e. The molecule has 2 aliphatic heterocycles. The Kier molecular flexibility index (Phi) is 14.0. The van der Waals surface area contributed by atoms with Crippen LogP contribution in [0.5, 0.6) is 0 Å². The number of carbonyl (C=O) groups excluding carboxylic acids is 7. The summed E-state index contributed by atoms with van der Waals surface area (Å²) in [5.41, 5.74) is 0.764. The Balaban J connectivity index is 1.03. The summed E-state index contributed by atoms with van der Waals surface area (Å²) in [7, 11) is 0. The average Bonchev–Trinajstić information content (AvgIpc) is 3.67. The SMILES string of the molecule is CC[C@@]1(O)C(=O)OCc2c1cc1n(c2=O)Cc2c-1nc1cc(F)c(C)c3c1c2[C@@H](NC(=O)CNC(=O)[C@H](Cc1ccccc1)NC(=O)CNC(=O)CNC(=O)[C@H](CO)NC(=O)OC(C)(C)C)CC3. The first-order valence-corrected chi connectivity index (χ1v) is 22.1. The number of pyridine rings is 2. The lowest BCUT2D eigenvalue weighted by Gasteiger charge is -2.31. The van der Waals surface area contributed by atoms with Crippen LogP contribution >= 0.6 is 0 Å². The Morgan fingerprint density at radius 1 is 0.926 bits per heavy atom. The number of esters is 1. The van der Waals surface area contributed by atoms with Gasteiger partial charge in [0.25, 0.3) is 5.56 Å². The van der Waals surface area contributed by atoms with Crippen molar-refractivity contribution in [2.45, 2.75) is 103 Å². The first kappa shape index (κ1) is 48.7. The van der Waals surface area contributed by atoms with E-state index in [4.69, 9.17) is 14.5 Å². The summed E-state index contributed by atoms with van der Waals surface area (Å²) in [6.07, 6.45) is -0.308. The zero-order valence-corrected chi connectivity index (χ0v) is 38.1. The molecule has 2 aromatic heterocycles. The molecule has 7 rings (SSSR count). The Hall–Kier alpha value is -7.26. The lowest BCUT2D eigenvalue weighted by molar-refractivity contribution is -0.172. The molecule has 0 saturated heterocycles. The van der Waals surface area contributed by atoms with Crippen LogP contribution in [0.1, 0.15) is 85.5 Å². The van der Waals surface area contributed by atoms with Gasteiger partial charge in [-0.05, 0) is 75.3 Å². The fourth-order valence-corrected chi connectivity index (χ4v) is 8.72. The van der Waals surface area contributed by atoms with Crippen LogP contribution in [0.15, 0.2) is 47.3 Å². The molecule has 0 unspecified atom stereocenters. The molecule has 21 heteroatoms. The number of aliphatic hydroxyl groups is 2. The standard InChI is InChI=1S/C47H53FN8O12/c1-6-47(66)28-15-34-40-26(20-56(34)43(63)27(28)22-67-44(47)64)39-30(13-12-25-23(2)29(48)16-31(54-40)38(25)39)52-37(60)19-51-41(61)32(14-24-10-8-7-9-11-24)53-36(59)18-49-35(58)17-50-42(62)33(21-57)55-45(65)68-46(3,4)5/h7-11,15-16,30,32-33,57,66H,6,12-14,17-22H2,1-5H3,(H,49,58)(H,50,62)(H,51,61)(H,52,60)(H,53,59)(H,55,65)/t30-,32-,33-,47-/m0/s1. The number of ether oxygens (including phenoxy) is 2.